The summed E-state index contributed by atoms with van der Waals surface area (Å²) in [7, 11) is 0. The lowest BCUT2D eigenvalue weighted by Crippen LogP contribution is -2.44. The fourth-order valence-electron chi connectivity index (χ4n) is 3.87. The molecule has 1 nitrogen and oxygen atoms in total. The van der Waals surface area contributed by atoms with Crippen LogP contribution in [0.5, 0.6) is 0 Å². The van der Waals surface area contributed by atoms with E-state index in [-0.39, 0.29) is 0 Å². The van der Waals surface area contributed by atoms with Gasteiger partial charge in [0.15, 0.2) is 0 Å². The van der Waals surface area contributed by atoms with Crippen molar-refractivity contribution in [2.75, 3.05) is 0 Å². The molecule has 0 spiro atoms. The van der Waals surface area contributed by atoms with Gasteiger partial charge in [0.25, 0.3) is 0 Å². The fraction of sp³-hybridized carbons (Fsp3) is 0.727. The summed E-state index contributed by atoms with van der Waals surface area (Å²) in [6.07, 6.45) is 8.15. The molecule has 0 saturated carbocycles. The maximum absolute atomic E-state index is 3.89. The molecular formula is C22H37N. The Kier molecular flexibility index (Phi) is 7.14. The minimum atomic E-state index is 0.626. The van der Waals surface area contributed by atoms with E-state index in [0.29, 0.717) is 11.8 Å². The van der Waals surface area contributed by atoms with E-state index < -0.39 is 0 Å². The maximum atomic E-state index is 3.89. The molecule has 1 aromatic rings. The number of hydrogen-bond donors (Lipinski definition) is 1. The Labute approximate surface area is 144 Å². The van der Waals surface area contributed by atoms with E-state index in [0.717, 1.165) is 18.0 Å². The third kappa shape index (κ3) is 5.64. The second kappa shape index (κ2) is 8.87. The van der Waals surface area contributed by atoms with Crippen molar-refractivity contribution in [2.45, 2.75) is 97.1 Å². The van der Waals surface area contributed by atoms with Gasteiger partial charge in [-0.15, -0.1) is 0 Å². The lowest BCUT2D eigenvalue weighted by molar-refractivity contribution is 0.255. The van der Waals surface area contributed by atoms with Crippen molar-refractivity contribution in [3.63, 3.8) is 0 Å². The van der Waals surface area contributed by atoms with Crippen LogP contribution in [0.2, 0.25) is 0 Å². The van der Waals surface area contributed by atoms with Gasteiger partial charge in [0.2, 0.25) is 0 Å². The minimum Gasteiger partial charge on any atom is -0.311 e. The standard InChI is InChI=1S/C22H37N/c1-16(2)19-10-7-11-20(15-19)18(5)9-6-12-21-13-8-14-22(23-21)17(3)4/h7,10-11,15-18,21-23H,6,8-9,12-14H2,1-5H3. The van der Waals surface area contributed by atoms with Gasteiger partial charge in [0.1, 0.15) is 0 Å². The molecule has 0 amide bonds. The molecule has 23 heavy (non-hydrogen) atoms. The normalized spacial score (nSPS) is 23.4. The fourth-order valence-corrected chi connectivity index (χ4v) is 3.87. The smallest absolute Gasteiger partial charge is 0.00926 e. The molecule has 0 aliphatic carbocycles. The summed E-state index contributed by atoms with van der Waals surface area (Å²) in [5.74, 6) is 2.08. The molecule has 3 atom stereocenters. The Morgan fingerprint density at radius 2 is 1.78 bits per heavy atom. The maximum Gasteiger partial charge on any atom is 0.00926 e. The van der Waals surface area contributed by atoms with Crippen LogP contribution in [0.4, 0.5) is 0 Å². The molecule has 1 aromatic carbocycles. The first kappa shape index (κ1) is 18.5. The van der Waals surface area contributed by atoms with Crippen molar-refractivity contribution in [1.29, 1.82) is 0 Å². The van der Waals surface area contributed by atoms with Crippen molar-refractivity contribution >= 4 is 0 Å². The van der Waals surface area contributed by atoms with Crippen LogP contribution in [0.1, 0.15) is 96.1 Å². The molecular weight excluding hydrogens is 278 g/mol. The Balaban J connectivity index is 1.78. The van der Waals surface area contributed by atoms with Crippen LogP contribution in [0.15, 0.2) is 24.3 Å². The Hall–Kier alpha value is -0.820. The first-order valence-electron chi connectivity index (χ1n) is 9.83. The second-order valence-corrected chi connectivity index (χ2v) is 8.30. The Morgan fingerprint density at radius 3 is 2.48 bits per heavy atom. The number of hydrogen-bond acceptors (Lipinski definition) is 1. The predicted octanol–water partition coefficient (Wildman–Crippen LogP) is 6.25. The molecule has 1 aliphatic rings. The third-order valence-electron chi connectivity index (χ3n) is 5.66. The monoisotopic (exact) mass is 315 g/mol. The molecule has 2 rings (SSSR count). The lowest BCUT2D eigenvalue weighted by Gasteiger charge is -2.33. The molecule has 0 aromatic heterocycles. The Bertz CT molecular complexity index is 463. The van der Waals surface area contributed by atoms with E-state index in [1.165, 1.54) is 49.7 Å². The van der Waals surface area contributed by atoms with Crippen molar-refractivity contribution in [3.05, 3.63) is 35.4 Å². The van der Waals surface area contributed by atoms with Crippen molar-refractivity contribution in [1.82, 2.24) is 5.32 Å². The van der Waals surface area contributed by atoms with E-state index >= 15 is 0 Å². The molecule has 1 N–H and O–H groups in total. The van der Waals surface area contributed by atoms with Gasteiger partial charge in [-0.05, 0) is 54.6 Å². The van der Waals surface area contributed by atoms with Crippen LogP contribution < -0.4 is 5.32 Å². The predicted molar refractivity (Wildman–Crippen MR) is 102 cm³/mol. The number of piperidine rings is 1. The topological polar surface area (TPSA) is 12.0 Å². The summed E-state index contributed by atoms with van der Waals surface area (Å²) >= 11 is 0. The molecule has 130 valence electrons. The van der Waals surface area contributed by atoms with Gasteiger partial charge in [0, 0.05) is 12.1 Å². The number of rotatable bonds is 7. The van der Waals surface area contributed by atoms with E-state index in [1.807, 2.05) is 0 Å². The zero-order valence-corrected chi connectivity index (χ0v) is 15.9. The summed E-state index contributed by atoms with van der Waals surface area (Å²) < 4.78 is 0. The zero-order chi connectivity index (χ0) is 16.8. The Morgan fingerprint density at radius 1 is 1.04 bits per heavy atom. The zero-order valence-electron chi connectivity index (χ0n) is 15.9. The minimum absolute atomic E-state index is 0.626. The summed E-state index contributed by atoms with van der Waals surface area (Å²) in [6, 6.07) is 10.7. The average molecular weight is 316 g/mol. The molecule has 1 fully saturated rings. The van der Waals surface area contributed by atoms with E-state index in [2.05, 4.69) is 64.2 Å². The highest BCUT2D eigenvalue weighted by molar-refractivity contribution is 5.27. The first-order chi connectivity index (χ1) is 11.0. The molecule has 0 radical (unpaired) electrons. The van der Waals surface area contributed by atoms with Gasteiger partial charge in [0.05, 0.1) is 0 Å². The lowest BCUT2D eigenvalue weighted by atomic mass is 9.87. The average Bonchev–Trinajstić information content (AvgIpc) is 2.55. The summed E-state index contributed by atoms with van der Waals surface area (Å²) in [5, 5.41) is 3.89. The van der Waals surface area contributed by atoms with Gasteiger partial charge in [-0.25, -0.2) is 0 Å². The van der Waals surface area contributed by atoms with Crippen LogP contribution in [0.25, 0.3) is 0 Å². The van der Waals surface area contributed by atoms with Crippen LogP contribution in [-0.4, -0.2) is 12.1 Å². The number of benzene rings is 1. The van der Waals surface area contributed by atoms with Gasteiger partial charge >= 0.3 is 0 Å². The summed E-state index contributed by atoms with van der Waals surface area (Å²) in [4.78, 5) is 0. The molecule has 1 aliphatic heterocycles. The van der Waals surface area contributed by atoms with Gasteiger partial charge in [-0.2, -0.15) is 0 Å². The van der Waals surface area contributed by atoms with Crippen molar-refractivity contribution in [2.24, 2.45) is 5.92 Å². The van der Waals surface area contributed by atoms with Crippen LogP contribution in [0.3, 0.4) is 0 Å². The van der Waals surface area contributed by atoms with Gasteiger partial charge in [-0.3, -0.25) is 0 Å². The molecule has 1 heteroatoms. The highest BCUT2D eigenvalue weighted by atomic mass is 15.0. The van der Waals surface area contributed by atoms with Gasteiger partial charge < -0.3 is 5.32 Å². The molecule has 0 bridgehead atoms. The van der Waals surface area contributed by atoms with Crippen molar-refractivity contribution in [3.8, 4) is 0 Å². The molecule has 1 saturated heterocycles. The highest BCUT2D eigenvalue weighted by Gasteiger charge is 2.22. The highest BCUT2D eigenvalue weighted by Crippen LogP contribution is 2.27. The largest absolute Gasteiger partial charge is 0.311 e. The second-order valence-electron chi connectivity index (χ2n) is 8.30. The van der Waals surface area contributed by atoms with E-state index in [9.17, 15) is 0 Å². The third-order valence-corrected chi connectivity index (χ3v) is 5.66. The van der Waals surface area contributed by atoms with E-state index in [1.54, 1.807) is 0 Å². The summed E-state index contributed by atoms with van der Waals surface area (Å²) in [6.45, 7) is 11.7. The van der Waals surface area contributed by atoms with E-state index in [4.69, 9.17) is 0 Å². The molecule has 3 unspecified atom stereocenters. The summed E-state index contributed by atoms with van der Waals surface area (Å²) in [5.41, 5.74) is 3.00. The number of nitrogens with one attached hydrogen (secondary N) is 1. The quantitative estimate of drug-likeness (QED) is 0.627. The van der Waals surface area contributed by atoms with Crippen LogP contribution in [-0.2, 0) is 0 Å². The van der Waals surface area contributed by atoms with Gasteiger partial charge in [-0.1, -0.05) is 71.7 Å². The van der Waals surface area contributed by atoms with Crippen LogP contribution >= 0.6 is 0 Å². The first-order valence-corrected chi connectivity index (χ1v) is 9.83. The van der Waals surface area contributed by atoms with Crippen molar-refractivity contribution < 1.29 is 0 Å². The molecule has 1 heterocycles. The van der Waals surface area contributed by atoms with Crippen LogP contribution in [0, 0.1) is 5.92 Å². The SMILES string of the molecule is CC(C)c1cccc(C(C)CCCC2CCCC(C(C)C)N2)c1.